The van der Waals surface area contributed by atoms with Crippen molar-refractivity contribution in [2.45, 2.75) is 57.5 Å². The van der Waals surface area contributed by atoms with Crippen LogP contribution in [-0.4, -0.2) is 30.9 Å². The Morgan fingerprint density at radius 1 is 1.22 bits per heavy atom. The van der Waals surface area contributed by atoms with Crippen LogP contribution in [0.15, 0.2) is 24.3 Å². The van der Waals surface area contributed by atoms with Gasteiger partial charge in [0.1, 0.15) is 0 Å². The zero-order chi connectivity index (χ0) is 16.1. The van der Waals surface area contributed by atoms with Crippen LogP contribution in [0.1, 0.15) is 44.6 Å². The summed E-state index contributed by atoms with van der Waals surface area (Å²) < 4.78 is 12.1. The fraction of sp³-hybridized carbons (Fsp3) is 0.611. The second kappa shape index (κ2) is 7.43. The Labute approximate surface area is 137 Å². The molecule has 1 aliphatic heterocycles. The third kappa shape index (κ3) is 4.53. The van der Waals surface area contributed by atoms with E-state index in [1.165, 1.54) is 31.7 Å². The molecular formula is C18H26N2O3. The molecular weight excluding hydrogens is 292 g/mol. The standard InChI is InChI=1S/C18H26N2O3/c1-14(21)20-16-7-5-15(6-8-16)11-19-12-17-13-22-18(23-17)9-3-2-4-10-18/h5-8,17,19H,2-4,9-13H2,1H3,(H,20,21)/t17-/m0/s1. The molecule has 1 aromatic rings. The minimum absolute atomic E-state index is 0.0501. The summed E-state index contributed by atoms with van der Waals surface area (Å²) in [7, 11) is 0. The smallest absolute Gasteiger partial charge is 0.221 e. The van der Waals surface area contributed by atoms with E-state index in [0.717, 1.165) is 31.6 Å². The van der Waals surface area contributed by atoms with Gasteiger partial charge in [0.15, 0.2) is 5.79 Å². The lowest BCUT2D eigenvalue weighted by atomic mass is 9.94. The highest BCUT2D eigenvalue weighted by Gasteiger charge is 2.41. The summed E-state index contributed by atoms with van der Waals surface area (Å²) in [5, 5.41) is 6.20. The van der Waals surface area contributed by atoms with Gasteiger partial charge in [0, 0.05) is 38.5 Å². The molecule has 0 unspecified atom stereocenters. The predicted octanol–water partition coefficient (Wildman–Crippen LogP) is 2.81. The van der Waals surface area contributed by atoms with Gasteiger partial charge < -0.3 is 20.1 Å². The molecule has 1 heterocycles. The van der Waals surface area contributed by atoms with E-state index >= 15 is 0 Å². The first kappa shape index (κ1) is 16.4. The van der Waals surface area contributed by atoms with E-state index in [4.69, 9.17) is 9.47 Å². The van der Waals surface area contributed by atoms with Crippen LogP contribution in [0.2, 0.25) is 0 Å². The number of hydrogen-bond donors (Lipinski definition) is 2. The molecule has 1 amide bonds. The number of hydrogen-bond acceptors (Lipinski definition) is 4. The van der Waals surface area contributed by atoms with Crippen molar-refractivity contribution in [1.29, 1.82) is 0 Å². The van der Waals surface area contributed by atoms with Crippen molar-refractivity contribution >= 4 is 11.6 Å². The van der Waals surface area contributed by atoms with E-state index < -0.39 is 0 Å². The van der Waals surface area contributed by atoms with E-state index in [2.05, 4.69) is 10.6 Å². The van der Waals surface area contributed by atoms with Crippen LogP contribution >= 0.6 is 0 Å². The van der Waals surface area contributed by atoms with Crippen LogP contribution in [0.4, 0.5) is 5.69 Å². The Bertz CT molecular complexity index is 524. The highest BCUT2D eigenvalue weighted by Crippen LogP contribution is 2.37. The Morgan fingerprint density at radius 2 is 1.96 bits per heavy atom. The summed E-state index contributed by atoms with van der Waals surface area (Å²) in [4.78, 5) is 11.0. The summed E-state index contributed by atoms with van der Waals surface area (Å²) in [6.45, 7) is 3.79. The number of amides is 1. The van der Waals surface area contributed by atoms with Gasteiger partial charge in [-0.1, -0.05) is 18.6 Å². The van der Waals surface area contributed by atoms with E-state index in [1.54, 1.807) is 0 Å². The summed E-state index contributed by atoms with van der Waals surface area (Å²) in [6.07, 6.45) is 5.93. The van der Waals surface area contributed by atoms with Crippen molar-refractivity contribution in [2.75, 3.05) is 18.5 Å². The van der Waals surface area contributed by atoms with Crippen molar-refractivity contribution in [3.05, 3.63) is 29.8 Å². The molecule has 1 atom stereocenters. The van der Waals surface area contributed by atoms with Crippen molar-refractivity contribution in [1.82, 2.24) is 5.32 Å². The van der Waals surface area contributed by atoms with E-state index in [0.29, 0.717) is 6.61 Å². The summed E-state index contributed by atoms with van der Waals surface area (Å²) in [5.74, 6) is -0.337. The van der Waals surface area contributed by atoms with E-state index in [9.17, 15) is 4.79 Å². The molecule has 2 aliphatic rings. The quantitative estimate of drug-likeness (QED) is 0.876. The number of benzene rings is 1. The van der Waals surface area contributed by atoms with Gasteiger partial charge in [0.25, 0.3) is 0 Å². The normalized spacial score (nSPS) is 23.1. The summed E-state index contributed by atoms with van der Waals surface area (Å²) in [5.41, 5.74) is 2.01. The molecule has 1 saturated heterocycles. The lowest BCUT2D eigenvalue weighted by molar-refractivity contribution is -0.186. The van der Waals surface area contributed by atoms with Crippen LogP contribution in [0.25, 0.3) is 0 Å². The van der Waals surface area contributed by atoms with Gasteiger partial charge in [-0.3, -0.25) is 4.79 Å². The molecule has 1 spiro atoms. The first-order chi connectivity index (χ1) is 11.2. The molecule has 5 heteroatoms. The molecule has 1 saturated carbocycles. The van der Waals surface area contributed by atoms with Crippen LogP contribution < -0.4 is 10.6 Å². The molecule has 0 radical (unpaired) electrons. The highest BCUT2D eigenvalue weighted by molar-refractivity contribution is 5.88. The minimum Gasteiger partial charge on any atom is -0.347 e. The zero-order valence-corrected chi connectivity index (χ0v) is 13.8. The maximum Gasteiger partial charge on any atom is 0.221 e. The van der Waals surface area contributed by atoms with E-state index in [-0.39, 0.29) is 17.8 Å². The lowest BCUT2D eigenvalue weighted by Crippen LogP contribution is -2.35. The molecule has 1 aliphatic carbocycles. The Hall–Kier alpha value is -1.43. The van der Waals surface area contributed by atoms with Gasteiger partial charge in [0.2, 0.25) is 5.91 Å². The average molecular weight is 318 g/mol. The minimum atomic E-state index is -0.287. The molecule has 3 rings (SSSR count). The molecule has 2 fully saturated rings. The van der Waals surface area contributed by atoms with Gasteiger partial charge >= 0.3 is 0 Å². The van der Waals surface area contributed by atoms with E-state index in [1.807, 2.05) is 24.3 Å². The fourth-order valence-electron chi connectivity index (χ4n) is 3.36. The molecule has 23 heavy (non-hydrogen) atoms. The maximum absolute atomic E-state index is 11.0. The Kier molecular flexibility index (Phi) is 5.30. The average Bonchev–Trinajstić information content (AvgIpc) is 2.92. The third-order valence-electron chi connectivity index (χ3n) is 4.50. The number of ether oxygens (including phenoxy) is 2. The largest absolute Gasteiger partial charge is 0.347 e. The number of carbonyl (C=O) groups excluding carboxylic acids is 1. The first-order valence-electron chi connectivity index (χ1n) is 8.54. The van der Waals surface area contributed by atoms with Crippen LogP contribution in [0, 0.1) is 0 Å². The van der Waals surface area contributed by atoms with Crippen LogP contribution in [0.3, 0.4) is 0 Å². The second-order valence-electron chi connectivity index (χ2n) is 6.53. The van der Waals surface area contributed by atoms with Gasteiger partial charge in [-0.2, -0.15) is 0 Å². The van der Waals surface area contributed by atoms with Crippen LogP contribution in [-0.2, 0) is 20.8 Å². The molecule has 0 aromatic heterocycles. The van der Waals surface area contributed by atoms with Gasteiger partial charge in [-0.25, -0.2) is 0 Å². The van der Waals surface area contributed by atoms with Gasteiger partial charge in [-0.05, 0) is 30.5 Å². The number of anilines is 1. The number of carbonyl (C=O) groups is 1. The topological polar surface area (TPSA) is 59.6 Å². The zero-order valence-electron chi connectivity index (χ0n) is 13.8. The molecule has 2 N–H and O–H groups in total. The molecule has 5 nitrogen and oxygen atoms in total. The Balaban J connectivity index is 1.40. The lowest BCUT2D eigenvalue weighted by Gasteiger charge is -2.31. The predicted molar refractivity (Wildman–Crippen MR) is 89.1 cm³/mol. The highest BCUT2D eigenvalue weighted by atomic mass is 16.7. The second-order valence-corrected chi connectivity index (χ2v) is 6.53. The number of nitrogens with one attached hydrogen (secondary N) is 2. The monoisotopic (exact) mass is 318 g/mol. The first-order valence-corrected chi connectivity index (χ1v) is 8.54. The molecule has 126 valence electrons. The molecule has 0 bridgehead atoms. The van der Waals surface area contributed by atoms with Crippen molar-refractivity contribution in [3.63, 3.8) is 0 Å². The number of rotatable bonds is 5. The summed E-state index contributed by atoms with van der Waals surface area (Å²) >= 11 is 0. The fourth-order valence-corrected chi connectivity index (χ4v) is 3.36. The van der Waals surface area contributed by atoms with Gasteiger partial charge in [-0.15, -0.1) is 0 Å². The van der Waals surface area contributed by atoms with Crippen molar-refractivity contribution < 1.29 is 14.3 Å². The van der Waals surface area contributed by atoms with Crippen molar-refractivity contribution in [3.8, 4) is 0 Å². The maximum atomic E-state index is 11.0. The Morgan fingerprint density at radius 3 is 2.65 bits per heavy atom. The SMILES string of the molecule is CC(=O)Nc1ccc(CNC[C@H]2COC3(CCCCC3)O2)cc1. The van der Waals surface area contributed by atoms with Crippen molar-refractivity contribution in [2.24, 2.45) is 0 Å². The summed E-state index contributed by atoms with van der Waals surface area (Å²) in [6, 6.07) is 7.88. The molecule has 1 aromatic carbocycles. The van der Waals surface area contributed by atoms with Crippen LogP contribution in [0.5, 0.6) is 0 Å². The van der Waals surface area contributed by atoms with Gasteiger partial charge in [0.05, 0.1) is 12.7 Å². The third-order valence-corrected chi connectivity index (χ3v) is 4.50.